The lowest BCUT2D eigenvalue weighted by atomic mass is 9.78. The third-order valence-electron chi connectivity index (χ3n) is 7.24. The van der Waals surface area contributed by atoms with Crippen LogP contribution in [0.5, 0.6) is 0 Å². The van der Waals surface area contributed by atoms with Crippen LogP contribution in [0, 0.1) is 11.3 Å². The first-order valence-electron chi connectivity index (χ1n) is 14.2. The smallest absolute Gasteiger partial charge is 0.327 e. The van der Waals surface area contributed by atoms with E-state index in [9.17, 15) is 24.7 Å². The fourth-order valence-electron chi connectivity index (χ4n) is 4.76. The third kappa shape index (κ3) is 13.9. The number of ether oxygens (including phenoxy) is 1. The number of benzene rings is 1. The molecule has 0 saturated heterocycles. The summed E-state index contributed by atoms with van der Waals surface area (Å²) in [5.74, 6) is 0.326. The quantitative estimate of drug-likeness (QED) is 0.0678. The number of aliphatic hydroxyl groups is 1. The van der Waals surface area contributed by atoms with E-state index in [0.717, 1.165) is 56.1 Å². The fourth-order valence-corrected chi connectivity index (χ4v) is 5.50. The van der Waals surface area contributed by atoms with Gasteiger partial charge in [-0.25, -0.2) is 0 Å². The molecule has 0 amide bonds. The Morgan fingerprint density at radius 1 is 0.789 bits per heavy atom. The highest BCUT2D eigenvalue weighted by Gasteiger charge is 2.43. The number of hydrogen-bond donors (Lipinski definition) is 5. The molecule has 38 heavy (non-hydrogen) atoms. The Balaban J connectivity index is 3.27. The van der Waals surface area contributed by atoms with E-state index in [1.54, 1.807) is 0 Å². The molecule has 5 N–H and O–H groups in total. The average Bonchev–Trinajstić information content (AvgIpc) is 2.91. The molecule has 2 atom stereocenters. The summed E-state index contributed by atoms with van der Waals surface area (Å²) in [6, 6.07) is 7.95. The normalized spacial score (nSPS) is 13.9. The van der Waals surface area contributed by atoms with Crippen molar-refractivity contribution in [2.24, 2.45) is 11.3 Å². The molecule has 10 heteroatoms. The summed E-state index contributed by atoms with van der Waals surface area (Å²) < 4.78 is 17.0. The minimum Gasteiger partial charge on any atom is -0.395 e. The largest absolute Gasteiger partial charge is 0.395 e. The van der Waals surface area contributed by atoms with E-state index in [1.165, 1.54) is 32.1 Å². The summed E-state index contributed by atoms with van der Waals surface area (Å²) in [7, 11) is -5.38. The van der Waals surface area contributed by atoms with Crippen LogP contribution in [0.1, 0.15) is 109 Å². The molecule has 1 rings (SSSR count). The number of rotatable bonds is 24. The molecule has 0 radical (unpaired) electrons. The van der Waals surface area contributed by atoms with Gasteiger partial charge in [0.05, 0.1) is 37.9 Å². The maximum absolute atomic E-state index is 10.7. The van der Waals surface area contributed by atoms with Crippen LogP contribution in [0.4, 0.5) is 0 Å². The van der Waals surface area contributed by atoms with Gasteiger partial charge in [0.15, 0.2) is 0 Å². The zero-order valence-electron chi connectivity index (χ0n) is 23.6. The van der Waals surface area contributed by atoms with Crippen LogP contribution >= 0.6 is 17.2 Å². The van der Waals surface area contributed by atoms with Crippen molar-refractivity contribution in [3.63, 3.8) is 0 Å². The van der Waals surface area contributed by atoms with Gasteiger partial charge in [0.2, 0.25) is 0 Å². The lowest BCUT2D eigenvalue weighted by Crippen LogP contribution is -2.43. The molecular weight excluding hydrogens is 526 g/mol. The SMILES string of the molecule is CCCCCCCCCc1ccccc1C(OCC(CC)CCCC)C(CO)(COP(O)O)COP(O)O. The molecule has 0 aliphatic carbocycles. The van der Waals surface area contributed by atoms with E-state index in [0.29, 0.717) is 12.5 Å². The Morgan fingerprint density at radius 2 is 1.37 bits per heavy atom. The number of aliphatic hydroxyl groups excluding tert-OH is 1. The van der Waals surface area contributed by atoms with Crippen LogP contribution < -0.4 is 0 Å². The van der Waals surface area contributed by atoms with Gasteiger partial charge in [-0.05, 0) is 36.3 Å². The second-order valence-electron chi connectivity index (χ2n) is 10.3. The van der Waals surface area contributed by atoms with E-state index in [-0.39, 0.29) is 13.2 Å². The summed E-state index contributed by atoms with van der Waals surface area (Å²) >= 11 is 0. The molecule has 0 heterocycles. The first-order valence-corrected chi connectivity index (χ1v) is 16.6. The standard InChI is InChI=1S/C28H52O8P2/c1-4-7-9-10-11-12-13-17-25-18-14-15-19-26(25)27(34-20-24(6-3)16-8-5-2)28(21-29,22-35-37(30)31)23-36-38(32)33/h14-15,18-19,24,27,29-33H,4-13,16-17,20-23H2,1-3H3. The Bertz CT molecular complexity index is 695. The predicted molar refractivity (Wildman–Crippen MR) is 154 cm³/mol. The second-order valence-corrected chi connectivity index (χ2v) is 11.8. The Labute approximate surface area is 232 Å². The Hall–Kier alpha value is -0.240. The van der Waals surface area contributed by atoms with Gasteiger partial charge in [0.25, 0.3) is 0 Å². The maximum atomic E-state index is 10.7. The van der Waals surface area contributed by atoms with Gasteiger partial charge in [-0.1, -0.05) is 103 Å². The molecule has 222 valence electrons. The highest BCUT2D eigenvalue weighted by atomic mass is 31.2. The van der Waals surface area contributed by atoms with Crippen molar-refractivity contribution in [1.29, 1.82) is 0 Å². The Kier molecular flexibility index (Phi) is 20.2. The van der Waals surface area contributed by atoms with E-state index < -0.39 is 35.3 Å². The van der Waals surface area contributed by atoms with Crippen LogP contribution in [-0.2, 0) is 20.2 Å². The van der Waals surface area contributed by atoms with Crippen molar-refractivity contribution in [1.82, 2.24) is 0 Å². The van der Waals surface area contributed by atoms with E-state index in [2.05, 4.69) is 26.8 Å². The van der Waals surface area contributed by atoms with E-state index in [4.69, 9.17) is 13.8 Å². The Morgan fingerprint density at radius 3 is 1.92 bits per heavy atom. The number of unbranched alkanes of at least 4 members (excludes halogenated alkanes) is 7. The van der Waals surface area contributed by atoms with Crippen molar-refractivity contribution in [2.75, 3.05) is 26.4 Å². The van der Waals surface area contributed by atoms with Crippen LogP contribution in [0.2, 0.25) is 0 Å². The van der Waals surface area contributed by atoms with Crippen molar-refractivity contribution in [2.45, 2.75) is 104 Å². The minimum atomic E-state index is -2.69. The van der Waals surface area contributed by atoms with Gasteiger partial charge in [-0.3, -0.25) is 0 Å². The second kappa shape index (κ2) is 21.5. The van der Waals surface area contributed by atoms with Crippen LogP contribution in [0.15, 0.2) is 24.3 Å². The topological polar surface area (TPSA) is 129 Å². The van der Waals surface area contributed by atoms with Crippen LogP contribution in [0.3, 0.4) is 0 Å². The van der Waals surface area contributed by atoms with Crippen molar-refractivity contribution in [3.8, 4) is 0 Å². The summed E-state index contributed by atoms with van der Waals surface area (Å²) in [6.45, 7) is 5.92. The molecule has 0 aromatic heterocycles. The molecule has 0 aliphatic heterocycles. The van der Waals surface area contributed by atoms with Gasteiger partial charge in [-0.15, -0.1) is 0 Å². The van der Waals surface area contributed by atoms with Gasteiger partial charge in [0, 0.05) is 0 Å². The van der Waals surface area contributed by atoms with Crippen molar-refractivity contribution in [3.05, 3.63) is 35.4 Å². The van der Waals surface area contributed by atoms with Crippen LogP contribution in [0.25, 0.3) is 0 Å². The predicted octanol–water partition coefficient (Wildman–Crippen LogP) is 6.69. The fraction of sp³-hybridized carbons (Fsp3) is 0.786. The van der Waals surface area contributed by atoms with Gasteiger partial charge in [0.1, 0.15) is 0 Å². The lowest BCUT2D eigenvalue weighted by molar-refractivity contribution is -0.117. The first kappa shape index (κ1) is 35.8. The molecule has 0 aliphatic rings. The number of aryl methyl sites for hydroxylation is 1. The minimum absolute atomic E-state index is 0.284. The van der Waals surface area contributed by atoms with E-state index in [1.807, 2.05) is 18.2 Å². The molecular formula is C28H52O8P2. The zero-order chi connectivity index (χ0) is 28.2. The van der Waals surface area contributed by atoms with Crippen LogP contribution in [-0.4, -0.2) is 51.1 Å². The average molecular weight is 579 g/mol. The first-order chi connectivity index (χ1) is 18.3. The molecule has 0 bridgehead atoms. The molecule has 1 aromatic rings. The summed E-state index contributed by atoms with van der Waals surface area (Å²) in [5.41, 5.74) is 0.693. The van der Waals surface area contributed by atoms with Gasteiger partial charge >= 0.3 is 17.2 Å². The van der Waals surface area contributed by atoms with Gasteiger partial charge < -0.3 is 38.5 Å². The lowest BCUT2D eigenvalue weighted by Gasteiger charge is -2.40. The highest BCUT2D eigenvalue weighted by Crippen LogP contribution is 2.44. The summed E-state index contributed by atoms with van der Waals surface area (Å²) in [6.07, 6.45) is 12.7. The summed E-state index contributed by atoms with van der Waals surface area (Å²) in [5, 5.41) is 10.7. The molecule has 0 fully saturated rings. The number of hydrogen-bond acceptors (Lipinski definition) is 8. The molecule has 0 saturated carbocycles. The summed E-state index contributed by atoms with van der Waals surface area (Å²) in [4.78, 5) is 38.0. The molecule has 0 spiro atoms. The molecule has 8 nitrogen and oxygen atoms in total. The highest BCUT2D eigenvalue weighted by molar-refractivity contribution is 7.39. The monoisotopic (exact) mass is 578 g/mol. The van der Waals surface area contributed by atoms with Crippen molar-refractivity contribution < 1.29 is 38.5 Å². The van der Waals surface area contributed by atoms with E-state index >= 15 is 0 Å². The molecule has 2 unspecified atom stereocenters. The molecule has 1 aromatic carbocycles. The van der Waals surface area contributed by atoms with Crippen molar-refractivity contribution >= 4 is 17.2 Å². The maximum Gasteiger partial charge on any atom is 0.327 e. The third-order valence-corrected chi connectivity index (χ3v) is 7.96. The zero-order valence-corrected chi connectivity index (χ0v) is 25.4. The van der Waals surface area contributed by atoms with Gasteiger partial charge in [-0.2, -0.15) is 0 Å².